The monoisotopic (exact) mass is 230 g/mol. The van der Waals surface area contributed by atoms with Crippen LogP contribution in [0.5, 0.6) is 0 Å². The molecule has 7 heteroatoms. The van der Waals surface area contributed by atoms with E-state index >= 15 is 0 Å². The molecule has 1 heterocycles. The molecule has 6 nitrogen and oxygen atoms in total. The van der Waals surface area contributed by atoms with Crippen LogP contribution in [-0.2, 0) is 14.3 Å². The van der Waals surface area contributed by atoms with Crippen LogP contribution in [0.4, 0.5) is 0 Å². The molecule has 1 N–H and O–H groups in total. The molecule has 80 valence electrons. The van der Waals surface area contributed by atoms with Crippen molar-refractivity contribution >= 4 is 23.5 Å². The predicted octanol–water partition coefficient (Wildman–Crippen LogP) is 0.471. The Balaban J connectivity index is 3.10. The van der Waals surface area contributed by atoms with Crippen molar-refractivity contribution in [3.05, 3.63) is 23.2 Å². The zero-order valence-corrected chi connectivity index (χ0v) is 8.43. The molecule has 0 fully saturated rings. The number of carboxylic acid groups (broad SMARTS) is 1. The molecule has 1 rings (SSSR count). The molecule has 1 unspecified atom stereocenters. The van der Waals surface area contributed by atoms with Gasteiger partial charge in [-0.15, -0.1) is 0 Å². The number of hydrogen-bond acceptors (Lipinski definition) is 5. The van der Waals surface area contributed by atoms with Crippen molar-refractivity contribution in [3.63, 3.8) is 0 Å². The second kappa shape index (κ2) is 4.70. The van der Waals surface area contributed by atoms with Crippen molar-refractivity contribution in [2.45, 2.75) is 5.92 Å². The van der Waals surface area contributed by atoms with E-state index in [1.807, 2.05) is 0 Å². The van der Waals surface area contributed by atoms with Gasteiger partial charge in [0.25, 0.3) is 0 Å². The number of carbonyl (C=O) groups excluding carboxylic acids is 1. The number of ether oxygens (including phenoxy) is 1. The zero-order chi connectivity index (χ0) is 11.4. The summed E-state index contributed by atoms with van der Waals surface area (Å²) in [4.78, 5) is 29.2. The highest BCUT2D eigenvalue weighted by molar-refractivity contribution is 6.28. The minimum Gasteiger partial charge on any atom is -0.480 e. The third kappa shape index (κ3) is 2.63. The molecule has 0 aliphatic carbocycles. The second-order valence-electron chi connectivity index (χ2n) is 2.54. The molecule has 0 aliphatic rings. The summed E-state index contributed by atoms with van der Waals surface area (Å²) in [6.07, 6.45) is 1.27. The number of nitrogens with zero attached hydrogens (tertiary/aromatic N) is 2. The third-order valence-corrected chi connectivity index (χ3v) is 1.81. The molecular weight excluding hydrogens is 224 g/mol. The Morgan fingerprint density at radius 1 is 1.60 bits per heavy atom. The highest BCUT2D eigenvalue weighted by Crippen LogP contribution is 2.16. The van der Waals surface area contributed by atoms with Crippen molar-refractivity contribution in [3.8, 4) is 0 Å². The molecule has 0 aliphatic heterocycles. The molecule has 0 spiro atoms. The summed E-state index contributed by atoms with van der Waals surface area (Å²) in [7, 11) is 1.10. The van der Waals surface area contributed by atoms with Crippen molar-refractivity contribution < 1.29 is 19.4 Å². The van der Waals surface area contributed by atoms with Crippen LogP contribution in [0, 0.1) is 0 Å². The summed E-state index contributed by atoms with van der Waals surface area (Å²) < 4.78 is 4.34. The van der Waals surface area contributed by atoms with Crippen molar-refractivity contribution in [2.24, 2.45) is 0 Å². The topological polar surface area (TPSA) is 89.4 Å². The molecule has 0 bridgehead atoms. The number of aliphatic carboxylic acids is 1. The van der Waals surface area contributed by atoms with Crippen LogP contribution in [0.3, 0.4) is 0 Å². The lowest BCUT2D eigenvalue weighted by Crippen LogP contribution is -2.23. The lowest BCUT2D eigenvalue weighted by atomic mass is 10.1. The van der Waals surface area contributed by atoms with Gasteiger partial charge >= 0.3 is 11.9 Å². The first-order valence-corrected chi connectivity index (χ1v) is 4.23. The van der Waals surface area contributed by atoms with E-state index in [4.69, 9.17) is 16.7 Å². The molecule has 1 aromatic heterocycles. The summed E-state index contributed by atoms with van der Waals surface area (Å²) in [5, 5.41) is 8.69. The Morgan fingerprint density at radius 2 is 2.27 bits per heavy atom. The van der Waals surface area contributed by atoms with Gasteiger partial charge in [0.15, 0.2) is 5.92 Å². The molecular formula is C8H7ClN2O4. The first kappa shape index (κ1) is 11.4. The minimum absolute atomic E-state index is 0.00523. The Morgan fingerprint density at radius 3 is 2.73 bits per heavy atom. The number of aromatic nitrogens is 2. The van der Waals surface area contributed by atoms with E-state index in [1.54, 1.807) is 0 Å². The maximum absolute atomic E-state index is 11.2. The lowest BCUT2D eigenvalue weighted by Gasteiger charge is -2.08. The molecule has 0 amide bonds. The Kier molecular flexibility index (Phi) is 3.56. The van der Waals surface area contributed by atoms with E-state index in [0.717, 1.165) is 7.11 Å². The molecule has 0 saturated carbocycles. The van der Waals surface area contributed by atoms with Gasteiger partial charge in [0.1, 0.15) is 0 Å². The van der Waals surface area contributed by atoms with E-state index in [0.29, 0.717) is 0 Å². The number of halogens is 1. The van der Waals surface area contributed by atoms with Crippen LogP contribution < -0.4 is 0 Å². The van der Waals surface area contributed by atoms with Crippen LogP contribution in [0.15, 0.2) is 12.3 Å². The van der Waals surface area contributed by atoms with Gasteiger partial charge in [-0.2, -0.15) is 0 Å². The summed E-state index contributed by atoms with van der Waals surface area (Å²) in [6, 6.07) is 1.29. The smallest absolute Gasteiger partial charge is 0.326 e. The fourth-order valence-electron chi connectivity index (χ4n) is 0.975. The van der Waals surface area contributed by atoms with Gasteiger partial charge in [-0.1, -0.05) is 0 Å². The number of methoxy groups -OCH3 is 1. The van der Waals surface area contributed by atoms with E-state index in [2.05, 4.69) is 14.7 Å². The first-order chi connectivity index (χ1) is 7.06. The van der Waals surface area contributed by atoms with Gasteiger partial charge in [0, 0.05) is 6.20 Å². The Bertz CT molecular complexity index is 396. The molecule has 0 aromatic carbocycles. The highest BCUT2D eigenvalue weighted by Gasteiger charge is 2.30. The average Bonchev–Trinajstić information content (AvgIpc) is 2.17. The fourth-order valence-corrected chi connectivity index (χ4v) is 1.13. The summed E-state index contributed by atoms with van der Waals surface area (Å²) in [6.45, 7) is 0. The lowest BCUT2D eigenvalue weighted by molar-refractivity contribution is -0.152. The highest BCUT2D eigenvalue weighted by atomic mass is 35.5. The fraction of sp³-hybridized carbons (Fsp3) is 0.250. The second-order valence-corrected chi connectivity index (χ2v) is 2.88. The maximum Gasteiger partial charge on any atom is 0.326 e. The Hall–Kier alpha value is -1.69. The molecule has 15 heavy (non-hydrogen) atoms. The van der Waals surface area contributed by atoms with Crippen LogP contribution in [0.1, 0.15) is 11.6 Å². The molecule has 0 radical (unpaired) electrons. The Labute approximate surface area is 89.9 Å². The van der Waals surface area contributed by atoms with Gasteiger partial charge < -0.3 is 9.84 Å². The van der Waals surface area contributed by atoms with E-state index < -0.39 is 17.9 Å². The third-order valence-electron chi connectivity index (χ3n) is 1.63. The predicted molar refractivity (Wildman–Crippen MR) is 49.4 cm³/mol. The van der Waals surface area contributed by atoms with Gasteiger partial charge in [0.2, 0.25) is 5.28 Å². The van der Waals surface area contributed by atoms with Crippen LogP contribution in [0.25, 0.3) is 0 Å². The number of esters is 1. The number of hydrogen-bond donors (Lipinski definition) is 1. The number of carboxylic acids is 1. The maximum atomic E-state index is 11.2. The molecule has 0 saturated heterocycles. The van der Waals surface area contributed by atoms with Gasteiger partial charge in [-0.25, -0.2) is 9.97 Å². The van der Waals surface area contributed by atoms with Gasteiger partial charge in [-0.05, 0) is 17.7 Å². The van der Waals surface area contributed by atoms with Crippen molar-refractivity contribution in [1.82, 2.24) is 9.97 Å². The van der Waals surface area contributed by atoms with Crippen LogP contribution >= 0.6 is 11.6 Å². The van der Waals surface area contributed by atoms with Crippen LogP contribution in [-0.4, -0.2) is 34.1 Å². The first-order valence-electron chi connectivity index (χ1n) is 3.85. The summed E-state index contributed by atoms with van der Waals surface area (Å²) in [5.74, 6) is -3.73. The zero-order valence-electron chi connectivity index (χ0n) is 7.68. The van der Waals surface area contributed by atoms with Gasteiger partial charge in [0.05, 0.1) is 12.8 Å². The SMILES string of the molecule is COC(=O)C(C(=O)O)c1ccnc(Cl)n1. The van der Waals surface area contributed by atoms with Crippen molar-refractivity contribution in [2.75, 3.05) is 7.11 Å². The van der Waals surface area contributed by atoms with E-state index in [1.165, 1.54) is 12.3 Å². The van der Waals surface area contributed by atoms with Gasteiger partial charge in [-0.3, -0.25) is 9.59 Å². The van der Waals surface area contributed by atoms with E-state index in [-0.39, 0.29) is 11.0 Å². The van der Waals surface area contributed by atoms with Crippen molar-refractivity contribution in [1.29, 1.82) is 0 Å². The van der Waals surface area contributed by atoms with Crippen LogP contribution in [0.2, 0.25) is 5.28 Å². The normalized spacial score (nSPS) is 11.9. The molecule has 1 atom stereocenters. The standard InChI is InChI=1S/C8H7ClN2O4/c1-15-7(14)5(6(12)13)4-2-3-10-8(9)11-4/h2-3,5H,1H3,(H,12,13). The molecule has 1 aromatic rings. The number of rotatable bonds is 3. The van der Waals surface area contributed by atoms with E-state index in [9.17, 15) is 9.59 Å². The minimum atomic E-state index is -1.48. The quantitative estimate of drug-likeness (QED) is 0.461. The summed E-state index contributed by atoms with van der Waals surface area (Å²) >= 11 is 5.47. The number of carbonyl (C=O) groups is 2. The summed E-state index contributed by atoms with van der Waals surface area (Å²) in [5.41, 5.74) is -0.00523. The largest absolute Gasteiger partial charge is 0.480 e. The average molecular weight is 231 g/mol.